The van der Waals surface area contributed by atoms with Crippen LogP contribution in [0.2, 0.25) is 10.0 Å². The lowest BCUT2D eigenvalue weighted by molar-refractivity contribution is 0.557. The molecular formula is C19H17Cl2NO2S. The summed E-state index contributed by atoms with van der Waals surface area (Å²) in [6.45, 7) is 5.96. The highest BCUT2D eigenvalue weighted by atomic mass is 35.5. The van der Waals surface area contributed by atoms with Crippen LogP contribution in [-0.4, -0.2) is 13.1 Å². The van der Waals surface area contributed by atoms with Crippen LogP contribution in [0.25, 0.3) is 11.0 Å². The fraction of sp³-hybridized carbons (Fsp3) is 0.211. The molecule has 1 heterocycles. The topological polar surface area (TPSA) is 33.5 Å². The molecule has 3 nitrogen and oxygen atoms in total. The zero-order valence-corrected chi connectivity index (χ0v) is 16.2. The van der Waals surface area contributed by atoms with E-state index >= 15 is 0 Å². The molecule has 3 aromatic rings. The van der Waals surface area contributed by atoms with Gasteiger partial charge in [0, 0.05) is 46.1 Å². The van der Waals surface area contributed by atoms with E-state index in [0.717, 1.165) is 34.0 Å². The Morgan fingerprint density at radius 2 is 1.72 bits per heavy atom. The largest absolute Gasteiger partial charge is 0.423 e. The molecule has 1 aromatic heterocycles. The zero-order chi connectivity index (χ0) is 18.0. The van der Waals surface area contributed by atoms with Gasteiger partial charge in [0.1, 0.15) is 5.58 Å². The van der Waals surface area contributed by atoms with E-state index in [4.69, 9.17) is 27.6 Å². The summed E-state index contributed by atoms with van der Waals surface area (Å²) in [6, 6.07) is 12.7. The van der Waals surface area contributed by atoms with Crippen LogP contribution in [0.3, 0.4) is 0 Å². The van der Waals surface area contributed by atoms with Crippen molar-refractivity contribution in [3.8, 4) is 0 Å². The summed E-state index contributed by atoms with van der Waals surface area (Å²) in [4.78, 5) is 15.7. The lowest BCUT2D eigenvalue weighted by atomic mass is 10.2. The van der Waals surface area contributed by atoms with Crippen molar-refractivity contribution in [2.75, 3.05) is 18.0 Å². The van der Waals surface area contributed by atoms with Crippen molar-refractivity contribution in [3.63, 3.8) is 0 Å². The van der Waals surface area contributed by atoms with Crippen LogP contribution < -0.4 is 10.5 Å². The number of benzene rings is 2. The zero-order valence-electron chi connectivity index (χ0n) is 13.9. The minimum Gasteiger partial charge on any atom is -0.423 e. The molecule has 0 unspecified atom stereocenters. The molecule has 0 fully saturated rings. The first kappa shape index (κ1) is 18.2. The summed E-state index contributed by atoms with van der Waals surface area (Å²) in [5.41, 5.74) is 1.19. The molecule has 0 spiro atoms. The molecule has 0 aliphatic heterocycles. The van der Waals surface area contributed by atoms with Crippen molar-refractivity contribution in [3.05, 3.63) is 62.9 Å². The van der Waals surface area contributed by atoms with Gasteiger partial charge in [-0.3, -0.25) is 0 Å². The maximum Gasteiger partial charge on any atom is 0.337 e. The van der Waals surface area contributed by atoms with Crippen LogP contribution in [0.5, 0.6) is 0 Å². The number of halogens is 2. The predicted molar refractivity (Wildman–Crippen MR) is 107 cm³/mol. The standard InChI is InChI=1S/C19H17Cl2NO2S/c1-3-22(4-2)12-8-9-13-16(10-12)24-18(23)11-17(13)25-19-14(20)6-5-7-15(19)21/h5-11H,3-4H2,1-2H3. The molecule has 130 valence electrons. The van der Waals surface area contributed by atoms with Gasteiger partial charge in [-0.15, -0.1) is 0 Å². The van der Waals surface area contributed by atoms with Gasteiger partial charge in [-0.05, 0) is 38.1 Å². The molecule has 2 aromatic carbocycles. The normalized spacial score (nSPS) is 11.0. The average molecular weight is 394 g/mol. The summed E-state index contributed by atoms with van der Waals surface area (Å²) < 4.78 is 5.42. The van der Waals surface area contributed by atoms with Crippen LogP contribution >= 0.6 is 35.0 Å². The van der Waals surface area contributed by atoms with Crippen LogP contribution in [0.15, 0.2) is 61.5 Å². The van der Waals surface area contributed by atoms with Crippen molar-refractivity contribution in [1.82, 2.24) is 0 Å². The van der Waals surface area contributed by atoms with Crippen LogP contribution in [0.4, 0.5) is 5.69 Å². The first-order valence-corrected chi connectivity index (χ1v) is 9.55. The third-order valence-corrected chi connectivity index (χ3v) is 6.01. The van der Waals surface area contributed by atoms with Gasteiger partial charge in [0.25, 0.3) is 0 Å². The summed E-state index contributed by atoms with van der Waals surface area (Å²) in [5, 5.41) is 1.97. The summed E-state index contributed by atoms with van der Waals surface area (Å²) in [6.07, 6.45) is 0. The quantitative estimate of drug-likeness (QED) is 0.490. The number of nitrogens with zero attached hydrogens (tertiary/aromatic N) is 1. The molecule has 0 saturated carbocycles. The number of rotatable bonds is 5. The first-order valence-electron chi connectivity index (χ1n) is 7.98. The predicted octanol–water partition coefficient (Wildman–Crippen LogP) is 6.10. The van der Waals surface area contributed by atoms with E-state index in [-0.39, 0.29) is 0 Å². The van der Waals surface area contributed by atoms with Gasteiger partial charge < -0.3 is 9.32 Å². The first-order chi connectivity index (χ1) is 12.0. The number of fused-ring (bicyclic) bond motifs is 1. The highest BCUT2D eigenvalue weighted by molar-refractivity contribution is 7.99. The van der Waals surface area contributed by atoms with E-state index in [0.29, 0.717) is 15.6 Å². The van der Waals surface area contributed by atoms with E-state index in [1.165, 1.54) is 17.8 Å². The summed E-state index contributed by atoms with van der Waals surface area (Å²) in [7, 11) is 0. The Morgan fingerprint density at radius 1 is 1.04 bits per heavy atom. The molecule has 0 aliphatic carbocycles. The van der Waals surface area contributed by atoms with Gasteiger partial charge in [0.2, 0.25) is 0 Å². The lowest BCUT2D eigenvalue weighted by Gasteiger charge is -2.21. The van der Waals surface area contributed by atoms with Crippen LogP contribution in [-0.2, 0) is 0 Å². The minimum absolute atomic E-state index is 0.394. The second kappa shape index (κ2) is 7.73. The molecule has 0 amide bonds. The second-order valence-electron chi connectivity index (χ2n) is 5.44. The Bertz CT molecular complexity index is 947. The SMILES string of the molecule is CCN(CC)c1ccc2c(Sc3c(Cl)cccc3Cl)cc(=O)oc2c1. The molecule has 6 heteroatoms. The van der Waals surface area contributed by atoms with Crippen molar-refractivity contribution >= 4 is 51.6 Å². The molecule has 3 rings (SSSR count). The third kappa shape index (κ3) is 3.81. The van der Waals surface area contributed by atoms with Gasteiger partial charge in [-0.1, -0.05) is 41.0 Å². The molecule has 0 radical (unpaired) electrons. The number of hydrogen-bond donors (Lipinski definition) is 0. The van der Waals surface area contributed by atoms with Crippen LogP contribution in [0.1, 0.15) is 13.8 Å². The van der Waals surface area contributed by atoms with Gasteiger partial charge in [-0.25, -0.2) is 4.79 Å². The van der Waals surface area contributed by atoms with E-state index < -0.39 is 5.63 Å². The summed E-state index contributed by atoms with van der Waals surface area (Å²) in [5.74, 6) is 0. The Kier molecular flexibility index (Phi) is 5.62. The molecule has 0 aliphatic rings. The fourth-order valence-electron chi connectivity index (χ4n) is 2.68. The lowest BCUT2D eigenvalue weighted by Crippen LogP contribution is -2.21. The van der Waals surface area contributed by atoms with Gasteiger partial charge in [-0.2, -0.15) is 0 Å². The monoisotopic (exact) mass is 393 g/mol. The fourth-order valence-corrected chi connectivity index (χ4v) is 4.30. The van der Waals surface area contributed by atoms with Gasteiger partial charge in [0.05, 0.1) is 10.0 Å². The smallest absolute Gasteiger partial charge is 0.337 e. The Morgan fingerprint density at radius 3 is 2.36 bits per heavy atom. The summed E-state index contributed by atoms with van der Waals surface area (Å²) >= 11 is 13.9. The molecule has 0 N–H and O–H groups in total. The van der Waals surface area contributed by atoms with Gasteiger partial charge in [0.15, 0.2) is 0 Å². The van der Waals surface area contributed by atoms with Crippen molar-refractivity contribution in [2.45, 2.75) is 23.6 Å². The minimum atomic E-state index is -0.394. The van der Waals surface area contributed by atoms with Crippen molar-refractivity contribution in [1.29, 1.82) is 0 Å². The molecule has 0 bridgehead atoms. The number of anilines is 1. The maximum atomic E-state index is 12.0. The van der Waals surface area contributed by atoms with E-state index in [1.807, 2.05) is 18.2 Å². The molecule has 0 atom stereocenters. The van der Waals surface area contributed by atoms with Crippen molar-refractivity contribution in [2.24, 2.45) is 0 Å². The van der Waals surface area contributed by atoms with Gasteiger partial charge >= 0.3 is 5.63 Å². The van der Waals surface area contributed by atoms with Crippen LogP contribution in [0, 0.1) is 0 Å². The third-order valence-electron chi connectivity index (χ3n) is 3.95. The Labute approximate surface area is 160 Å². The number of hydrogen-bond acceptors (Lipinski definition) is 4. The molecule has 25 heavy (non-hydrogen) atoms. The Hall–Kier alpha value is -1.62. The second-order valence-corrected chi connectivity index (χ2v) is 7.30. The average Bonchev–Trinajstić information content (AvgIpc) is 2.59. The van der Waals surface area contributed by atoms with E-state index in [2.05, 4.69) is 18.7 Å². The highest BCUT2D eigenvalue weighted by Crippen LogP contribution is 2.41. The van der Waals surface area contributed by atoms with E-state index in [1.54, 1.807) is 18.2 Å². The molecule has 0 saturated heterocycles. The van der Waals surface area contributed by atoms with Crippen molar-refractivity contribution < 1.29 is 4.42 Å². The van der Waals surface area contributed by atoms with E-state index in [9.17, 15) is 4.79 Å². The highest BCUT2D eigenvalue weighted by Gasteiger charge is 2.13. The molecular weight excluding hydrogens is 377 g/mol. The maximum absolute atomic E-state index is 12.0. The Balaban J connectivity index is 2.11.